The molecule has 96 valence electrons. The van der Waals surface area contributed by atoms with E-state index < -0.39 is 14.8 Å². The second-order valence-corrected chi connectivity index (χ2v) is 8.52. The van der Waals surface area contributed by atoms with Gasteiger partial charge in [-0.2, -0.15) is 0 Å². The first kappa shape index (κ1) is 14.3. The Labute approximate surface area is 104 Å². The molecule has 2 atom stereocenters. The van der Waals surface area contributed by atoms with Crippen LogP contribution in [0, 0.1) is 0 Å². The van der Waals surface area contributed by atoms with Crippen LogP contribution in [0.5, 0.6) is 0 Å². The Bertz CT molecular complexity index is 321. The fourth-order valence-electron chi connectivity index (χ4n) is 1.77. The molecule has 0 bridgehead atoms. The van der Waals surface area contributed by atoms with Gasteiger partial charge in [0.25, 0.3) is 0 Å². The van der Waals surface area contributed by atoms with Gasteiger partial charge >= 0.3 is 0 Å². The Morgan fingerprint density at radius 1 is 1.12 bits per heavy atom. The van der Waals surface area contributed by atoms with Crippen molar-refractivity contribution in [3.05, 3.63) is 0 Å². The Hall–Kier alpha value is 0.200. The van der Waals surface area contributed by atoms with E-state index in [1.54, 1.807) is 20.8 Å². The fraction of sp³-hybridized carbons (Fsp3) is 1.00. The molecule has 1 aliphatic rings. The maximum atomic E-state index is 12.0. The fourth-order valence-corrected chi connectivity index (χ4v) is 3.22. The number of hydrogen-bond donors (Lipinski definition) is 1. The van der Waals surface area contributed by atoms with Crippen LogP contribution in [0.3, 0.4) is 0 Å². The number of sulfonamides is 1. The van der Waals surface area contributed by atoms with E-state index in [-0.39, 0.29) is 11.4 Å². The second kappa shape index (κ2) is 5.23. The summed E-state index contributed by atoms with van der Waals surface area (Å²) in [5.74, 6) is 0. The van der Waals surface area contributed by atoms with Crippen molar-refractivity contribution in [2.24, 2.45) is 0 Å². The third kappa shape index (κ3) is 3.60. The normalized spacial score (nSPS) is 28.8. The van der Waals surface area contributed by atoms with E-state index in [1.807, 2.05) is 0 Å². The van der Waals surface area contributed by atoms with Crippen molar-refractivity contribution in [1.82, 2.24) is 4.72 Å². The van der Waals surface area contributed by atoms with Crippen molar-refractivity contribution >= 4 is 21.6 Å². The van der Waals surface area contributed by atoms with Gasteiger partial charge in [0.2, 0.25) is 10.0 Å². The molecule has 1 rings (SSSR count). The lowest BCUT2D eigenvalue weighted by Gasteiger charge is -2.26. The van der Waals surface area contributed by atoms with Crippen molar-refractivity contribution in [2.45, 2.75) is 69.0 Å². The molecular weight excluding hydrogens is 246 g/mol. The van der Waals surface area contributed by atoms with Gasteiger partial charge in [-0.15, -0.1) is 11.6 Å². The molecule has 0 aliphatic heterocycles. The topological polar surface area (TPSA) is 46.2 Å². The average molecular weight is 268 g/mol. The highest BCUT2D eigenvalue weighted by Gasteiger charge is 2.33. The summed E-state index contributed by atoms with van der Waals surface area (Å²) in [5, 5.41) is -0.0698. The van der Waals surface area contributed by atoms with Crippen molar-refractivity contribution in [3.63, 3.8) is 0 Å². The Morgan fingerprint density at radius 2 is 1.69 bits per heavy atom. The highest BCUT2D eigenvalue weighted by atomic mass is 35.5. The van der Waals surface area contributed by atoms with Gasteiger partial charge in [0.1, 0.15) is 0 Å². The molecule has 0 spiro atoms. The SMILES string of the molecule is CC(C)(C)S(=O)(=O)NC1CCCCCC1Cl. The summed E-state index contributed by atoms with van der Waals surface area (Å²) in [6, 6.07) is -0.103. The minimum absolute atomic E-state index is 0.0698. The largest absolute Gasteiger partial charge is 0.216 e. The van der Waals surface area contributed by atoms with Crippen LogP contribution in [0.15, 0.2) is 0 Å². The summed E-state index contributed by atoms with van der Waals surface area (Å²) in [6.07, 6.45) is 5.06. The van der Waals surface area contributed by atoms with Gasteiger partial charge in [-0.05, 0) is 33.6 Å². The summed E-state index contributed by atoms with van der Waals surface area (Å²) in [7, 11) is -3.28. The molecule has 16 heavy (non-hydrogen) atoms. The lowest BCUT2D eigenvalue weighted by Crippen LogP contribution is -2.47. The van der Waals surface area contributed by atoms with E-state index in [0.29, 0.717) is 0 Å². The average Bonchev–Trinajstić information content (AvgIpc) is 2.30. The Balaban J connectivity index is 2.72. The van der Waals surface area contributed by atoms with Crippen LogP contribution in [-0.4, -0.2) is 24.6 Å². The van der Waals surface area contributed by atoms with Gasteiger partial charge in [0.05, 0.1) is 4.75 Å². The maximum absolute atomic E-state index is 12.0. The van der Waals surface area contributed by atoms with E-state index in [9.17, 15) is 8.42 Å². The third-order valence-corrected chi connectivity index (χ3v) is 5.79. The monoisotopic (exact) mass is 267 g/mol. The van der Waals surface area contributed by atoms with E-state index >= 15 is 0 Å². The van der Waals surface area contributed by atoms with E-state index in [1.165, 1.54) is 0 Å². The van der Waals surface area contributed by atoms with Gasteiger partial charge < -0.3 is 0 Å². The van der Waals surface area contributed by atoms with Crippen LogP contribution in [0.2, 0.25) is 0 Å². The first-order valence-electron chi connectivity index (χ1n) is 5.90. The molecule has 5 heteroatoms. The lowest BCUT2D eigenvalue weighted by atomic mass is 10.1. The van der Waals surface area contributed by atoms with Gasteiger partial charge in [0, 0.05) is 11.4 Å². The number of alkyl halides is 1. The van der Waals surface area contributed by atoms with Crippen LogP contribution in [0.4, 0.5) is 0 Å². The van der Waals surface area contributed by atoms with Crippen molar-refractivity contribution in [2.75, 3.05) is 0 Å². The predicted molar refractivity (Wildman–Crippen MR) is 68.3 cm³/mol. The van der Waals surface area contributed by atoms with Crippen LogP contribution >= 0.6 is 11.6 Å². The first-order chi connectivity index (χ1) is 7.24. The van der Waals surface area contributed by atoms with Crippen LogP contribution < -0.4 is 4.72 Å². The van der Waals surface area contributed by atoms with Gasteiger partial charge in [-0.1, -0.05) is 19.3 Å². The second-order valence-electron chi connectivity index (χ2n) is 5.49. The molecule has 1 N–H and O–H groups in total. The number of halogens is 1. The third-order valence-electron chi connectivity index (χ3n) is 3.04. The quantitative estimate of drug-likeness (QED) is 0.618. The predicted octanol–water partition coefficient (Wildman–Crippen LogP) is 2.64. The molecule has 3 nitrogen and oxygen atoms in total. The van der Waals surface area contributed by atoms with Gasteiger partial charge in [-0.3, -0.25) is 0 Å². The standard InChI is InChI=1S/C11H22ClNO2S/c1-11(2,3)16(14,15)13-10-8-6-4-5-7-9(10)12/h9-10,13H,4-8H2,1-3H3. The van der Waals surface area contributed by atoms with E-state index in [2.05, 4.69) is 4.72 Å². The Kier molecular flexibility index (Phi) is 4.66. The van der Waals surface area contributed by atoms with Crippen molar-refractivity contribution < 1.29 is 8.42 Å². The molecule has 0 aromatic heterocycles. The van der Waals surface area contributed by atoms with E-state index in [4.69, 9.17) is 11.6 Å². The minimum Gasteiger partial charge on any atom is -0.212 e. The summed E-state index contributed by atoms with van der Waals surface area (Å²) in [5.41, 5.74) is 0. The first-order valence-corrected chi connectivity index (χ1v) is 7.82. The zero-order valence-corrected chi connectivity index (χ0v) is 11.9. The number of nitrogens with one attached hydrogen (secondary N) is 1. The molecule has 2 unspecified atom stereocenters. The van der Waals surface area contributed by atoms with E-state index in [0.717, 1.165) is 32.1 Å². The summed E-state index contributed by atoms with van der Waals surface area (Å²) >= 11 is 6.22. The molecule has 0 heterocycles. The number of rotatable bonds is 2. The van der Waals surface area contributed by atoms with Crippen LogP contribution in [0.1, 0.15) is 52.9 Å². The summed E-state index contributed by atoms with van der Waals surface area (Å²) in [6.45, 7) is 5.11. The van der Waals surface area contributed by atoms with Crippen LogP contribution in [0.25, 0.3) is 0 Å². The molecular formula is C11H22ClNO2S. The highest BCUT2D eigenvalue weighted by molar-refractivity contribution is 7.90. The maximum Gasteiger partial charge on any atom is 0.216 e. The molecule has 0 aromatic rings. The smallest absolute Gasteiger partial charge is 0.212 e. The molecule has 0 saturated heterocycles. The molecule has 1 saturated carbocycles. The molecule has 0 amide bonds. The summed E-state index contributed by atoms with van der Waals surface area (Å²) in [4.78, 5) is 0. The molecule has 1 aliphatic carbocycles. The molecule has 0 aromatic carbocycles. The summed E-state index contributed by atoms with van der Waals surface area (Å²) < 4.78 is 26.0. The Morgan fingerprint density at radius 3 is 2.25 bits per heavy atom. The van der Waals surface area contributed by atoms with Crippen molar-refractivity contribution in [1.29, 1.82) is 0 Å². The van der Waals surface area contributed by atoms with Crippen LogP contribution in [-0.2, 0) is 10.0 Å². The lowest BCUT2D eigenvalue weighted by molar-refractivity contribution is 0.494. The zero-order chi connectivity index (χ0) is 12.4. The van der Waals surface area contributed by atoms with Gasteiger partial charge in [-0.25, -0.2) is 13.1 Å². The highest BCUT2D eigenvalue weighted by Crippen LogP contribution is 2.24. The van der Waals surface area contributed by atoms with Crippen molar-refractivity contribution in [3.8, 4) is 0 Å². The molecule has 1 fully saturated rings. The number of hydrogen-bond acceptors (Lipinski definition) is 2. The molecule has 0 radical (unpaired) electrons. The van der Waals surface area contributed by atoms with Gasteiger partial charge in [0.15, 0.2) is 0 Å². The zero-order valence-electron chi connectivity index (χ0n) is 10.3. The minimum atomic E-state index is -3.28.